The number of amides is 2. The van der Waals surface area contributed by atoms with Gasteiger partial charge in [-0.1, -0.05) is 49.7 Å². The zero-order valence-electron chi connectivity index (χ0n) is 19.5. The minimum atomic E-state index is -0.533. The summed E-state index contributed by atoms with van der Waals surface area (Å²) in [4.78, 5) is 28.8. The number of carbonyl (C=O) groups excluding carboxylic acids is 2. The number of nitrogens with zero attached hydrogens (tertiary/aromatic N) is 4. The van der Waals surface area contributed by atoms with E-state index in [0.29, 0.717) is 23.5 Å². The quantitative estimate of drug-likeness (QED) is 0.323. The third kappa shape index (κ3) is 3.81. The van der Waals surface area contributed by atoms with Crippen LogP contribution in [0.5, 0.6) is 5.88 Å². The maximum Gasteiger partial charge on any atom is 0.331 e. The summed E-state index contributed by atoms with van der Waals surface area (Å²) in [5.74, 6) is -1.44. The number of pyridine rings is 1. The summed E-state index contributed by atoms with van der Waals surface area (Å²) in [5, 5.41) is 18.3. The van der Waals surface area contributed by atoms with Crippen LogP contribution in [0.1, 0.15) is 30.2 Å². The Labute approximate surface area is 203 Å². The molecule has 0 unspecified atom stereocenters. The summed E-state index contributed by atoms with van der Waals surface area (Å²) in [6, 6.07) is 21.7. The summed E-state index contributed by atoms with van der Waals surface area (Å²) in [6.45, 7) is 3.88. The third-order valence-corrected chi connectivity index (χ3v) is 5.95. The Balaban J connectivity index is 1.77. The number of rotatable bonds is 6. The van der Waals surface area contributed by atoms with E-state index in [0.717, 1.165) is 16.9 Å². The van der Waals surface area contributed by atoms with Gasteiger partial charge in [-0.15, -0.1) is 0 Å². The number of imide groups is 1. The van der Waals surface area contributed by atoms with Gasteiger partial charge in [-0.25, -0.2) is 9.58 Å². The second-order valence-corrected chi connectivity index (χ2v) is 8.42. The first-order valence-electron chi connectivity index (χ1n) is 11.5. The molecule has 4 aromatic rings. The Morgan fingerprint density at radius 2 is 1.57 bits per heavy atom. The van der Waals surface area contributed by atoms with Crippen LogP contribution in [-0.4, -0.2) is 21.6 Å². The molecule has 1 aliphatic rings. The highest BCUT2D eigenvalue weighted by Gasteiger charge is 2.47. The normalized spacial score (nSPS) is 13.7. The fraction of sp³-hybridized carbons (Fsp3) is 0.143. The highest BCUT2D eigenvalue weighted by molar-refractivity contribution is 6.53. The van der Waals surface area contributed by atoms with Crippen LogP contribution in [0.3, 0.4) is 0 Å². The third-order valence-electron chi connectivity index (χ3n) is 5.95. The summed E-state index contributed by atoms with van der Waals surface area (Å²) in [5.41, 5.74) is 2.86. The molecule has 1 aliphatic heterocycles. The van der Waals surface area contributed by atoms with E-state index in [1.165, 1.54) is 4.68 Å². The first-order chi connectivity index (χ1) is 17.0. The number of hydrogen-bond acceptors (Lipinski definition) is 4. The predicted octanol–water partition coefficient (Wildman–Crippen LogP) is 3.44. The van der Waals surface area contributed by atoms with Crippen LogP contribution in [0.2, 0.25) is 0 Å². The Kier molecular flexibility index (Phi) is 5.74. The molecule has 0 fully saturated rings. The van der Waals surface area contributed by atoms with Crippen molar-refractivity contribution >= 4 is 28.8 Å². The van der Waals surface area contributed by atoms with Crippen LogP contribution < -0.4 is 14.6 Å². The van der Waals surface area contributed by atoms with E-state index in [2.05, 4.69) is 5.10 Å². The molecule has 7 heteroatoms. The molecule has 35 heavy (non-hydrogen) atoms. The van der Waals surface area contributed by atoms with Crippen LogP contribution in [0.15, 0.2) is 85.2 Å². The molecule has 174 valence electrons. The molecule has 7 nitrogen and oxygen atoms in total. The number of carbonyl (C=O) groups is 2. The van der Waals surface area contributed by atoms with Crippen molar-refractivity contribution in [2.24, 2.45) is 0 Å². The number of aromatic nitrogens is 3. The lowest BCUT2D eigenvalue weighted by molar-refractivity contribution is -0.576. The Morgan fingerprint density at radius 3 is 2.26 bits per heavy atom. The number of benzene rings is 2. The van der Waals surface area contributed by atoms with Gasteiger partial charge in [0.2, 0.25) is 0 Å². The van der Waals surface area contributed by atoms with Crippen LogP contribution >= 0.6 is 0 Å². The van der Waals surface area contributed by atoms with Gasteiger partial charge >= 0.3 is 5.91 Å². The van der Waals surface area contributed by atoms with Crippen molar-refractivity contribution in [3.05, 3.63) is 102 Å². The summed E-state index contributed by atoms with van der Waals surface area (Å²) >= 11 is 0. The number of aryl methyl sites for hydroxylation is 2. The van der Waals surface area contributed by atoms with Crippen molar-refractivity contribution in [3.8, 4) is 11.6 Å². The Morgan fingerprint density at radius 1 is 0.886 bits per heavy atom. The second-order valence-electron chi connectivity index (χ2n) is 8.42. The monoisotopic (exact) mass is 464 g/mol. The van der Waals surface area contributed by atoms with Gasteiger partial charge in [0.15, 0.2) is 12.4 Å². The largest absolute Gasteiger partial charge is 0.858 e. The molecule has 0 spiro atoms. The number of hydrogen-bond donors (Lipinski definition) is 0. The van der Waals surface area contributed by atoms with E-state index < -0.39 is 17.7 Å². The smallest absolute Gasteiger partial charge is 0.331 e. The summed E-state index contributed by atoms with van der Waals surface area (Å²) < 4.78 is 2.91. The van der Waals surface area contributed by atoms with Crippen molar-refractivity contribution in [1.29, 1.82) is 0 Å². The van der Waals surface area contributed by atoms with E-state index in [1.54, 1.807) is 59.4 Å². The van der Waals surface area contributed by atoms with Gasteiger partial charge in [-0.2, -0.15) is 9.67 Å². The minimum Gasteiger partial charge on any atom is -0.858 e. The van der Waals surface area contributed by atoms with Crippen molar-refractivity contribution in [2.45, 2.75) is 26.7 Å². The predicted molar refractivity (Wildman–Crippen MR) is 130 cm³/mol. The van der Waals surface area contributed by atoms with Gasteiger partial charge in [0.1, 0.15) is 5.57 Å². The lowest BCUT2D eigenvalue weighted by Gasteiger charge is -2.16. The average Bonchev–Trinajstić information content (AvgIpc) is 3.32. The highest BCUT2D eigenvalue weighted by atomic mass is 16.3. The van der Waals surface area contributed by atoms with Crippen LogP contribution in [0.25, 0.3) is 17.0 Å². The summed E-state index contributed by atoms with van der Waals surface area (Å²) in [6.07, 6.45) is 4.62. The fourth-order valence-electron chi connectivity index (χ4n) is 4.39. The van der Waals surface area contributed by atoms with Gasteiger partial charge in [0.25, 0.3) is 11.6 Å². The molecule has 0 N–H and O–H groups in total. The van der Waals surface area contributed by atoms with Crippen LogP contribution in [-0.2, 0) is 16.0 Å². The Hall–Kier alpha value is -4.52. The molecule has 2 aromatic carbocycles. The fourth-order valence-corrected chi connectivity index (χ4v) is 4.39. The molecule has 0 radical (unpaired) electrons. The maximum absolute atomic E-state index is 13.9. The van der Waals surface area contributed by atoms with E-state index >= 15 is 0 Å². The molecular weight excluding hydrogens is 440 g/mol. The van der Waals surface area contributed by atoms with Crippen molar-refractivity contribution in [1.82, 2.24) is 9.78 Å². The van der Waals surface area contributed by atoms with E-state index in [4.69, 9.17) is 0 Å². The Bertz CT molecular complexity index is 1460. The zero-order valence-corrected chi connectivity index (χ0v) is 19.5. The first kappa shape index (κ1) is 22.3. The molecule has 0 saturated heterocycles. The SMILES string of the molecule is CCCc1nn(-c2ccccc2)c([O-])c1C1=C([n+]2ccccc2)C(=O)N(c2cccc(C)c2)C1=O. The second kappa shape index (κ2) is 9.02. The van der Waals surface area contributed by atoms with Crippen LogP contribution in [0.4, 0.5) is 5.69 Å². The molecule has 5 rings (SSSR count). The van der Waals surface area contributed by atoms with Crippen molar-refractivity contribution in [3.63, 3.8) is 0 Å². The molecule has 3 heterocycles. The minimum absolute atomic E-state index is 0.0725. The topological polar surface area (TPSA) is 82.1 Å². The van der Waals surface area contributed by atoms with Gasteiger partial charge in [0.05, 0.1) is 17.1 Å². The van der Waals surface area contributed by atoms with Crippen molar-refractivity contribution in [2.75, 3.05) is 4.90 Å². The van der Waals surface area contributed by atoms with Gasteiger partial charge in [-0.3, -0.25) is 9.59 Å². The van der Waals surface area contributed by atoms with Gasteiger partial charge in [0, 0.05) is 17.7 Å². The summed E-state index contributed by atoms with van der Waals surface area (Å²) in [7, 11) is 0. The molecular formula is C28H24N4O3. The molecule has 0 atom stereocenters. The lowest BCUT2D eigenvalue weighted by Crippen LogP contribution is -2.39. The standard InChI is InChI=1S/C28H24N4O3/c1-3-11-22-23(27(34)32(29-22)20-13-6-4-7-14-20)24-25(30-16-8-5-9-17-30)28(35)31(26(24)33)21-15-10-12-19(2)18-21/h4-10,12-18H,3,11H2,1-2H3. The van der Waals surface area contributed by atoms with Crippen LogP contribution in [0, 0.1) is 6.92 Å². The number of para-hydroxylation sites is 1. The van der Waals surface area contributed by atoms with E-state index in [9.17, 15) is 14.7 Å². The molecule has 0 bridgehead atoms. The lowest BCUT2D eigenvalue weighted by atomic mass is 10.0. The maximum atomic E-state index is 13.9. The van der Waals surface area contributed by atoms with Gasteiger partial charge in [-0.05, 0) is 49.1 Å². The zero-order chi connectivity index (χ0) is 24.5. The molecule has 2 amide bonds. The van der Waals surface area contributed by atoms with Crippen molar-refractivity contribution < 1.29 is 19.3 Å². The molecule has 0 aliphatic carbocycles. The first-order valence-corrected chi connectivity index (χ1v) is 11.5. The average molecular weight is 465 g/mol. The van der Waals surface area contributed by atoms with E-state index in [1.807, 2.05) is 44.2 Å². The molecule has 0 saturated carbocycles. The highest BCUT2D eigenvalue weighted by Crippen LogP contribution is 2.39. The number of anilines is 1. The van der Waals surface area contributed by atoms with Gasteiger partial charge < -0.3 is 5.11 Å². The molecule has 2 aromatic heterocycles. The van der Waals surface area contributed by atoms with E-state index in [-0.39, 0.29) is 16.8 Å².